The van der Waals surface area contributed by atoms with E-state index in [0.717, 1.165) is 38.5 Å². The van der Waals surface area contributed by atoms with Gasteiger partial charge in [0.05, 0.1) is 5.60 Å². The lowest BCUT2D eigenvalue weighted by molar-refractivity contribution is 0.0505. The van der Waals surface area contributed by atoms with Gasteiger partial charge in [0.1, 0.15) is 0 Å². The number of aliphatic hydroxyl groups is 1. The molecule has 2 N–H and O–H groups in total. The van der Waals surface area contributed by atoms with E-state index in [1.807, 2.05) is 6.92 Å². The summed E-state index contributed by atoms with van der Waals surface area (Å²) in [6, 6.07) is 0. The van der Waals surface area contributed by atoms with Crippen LogP contribution in [-0.4, -0.2) is 48.3 Å². The SMILES string of the molecule is CCNCC1(CN2CCC(C)(O)C2)CCC(C)CC1. The molecule has 1 aliphatic carbocycles. The van der Waals surface area contributed by atoms with Gasteiger partial charge >= 0.3 is 0 Å². The smallest absolute Gasteiger partial charge is 0.0758 e. The van der Waals surface area contributed by atoms with E-state index in [-0.39, 0.29) is 0 Å². The summed E-state index contributed by atoms with van der Waals surface area (Å²) in [6.45, 7) is 11.9. The Kier molecular flexibility index (Phi) is 4.91. The maximum absolute atomic E-state index is 10.1. The van der Waals surface area contributed by atoms with Gasteiger partial charge in [-0.1, -0.05) is 26.7 Å². The van der Waals surface area contributed by atoms with Crippen LogP contribution in [0.3, 0.4) is 0 Å². The predicted octanol–water partition coefficient (Wildman–Crippen LogP) is 2.25. The molecule has 0 spiro atoms. The summed E-state index contributed by atoms with van der Waals surface area (Å²) in [5.74, 6) is 0.899. The van der Waals surface area contributed by atoms with Gasteiger partial charge in [-0.3, -0.25) is 4.90 Å². The third-order valence-electron chi connectivity index (χ3n) is 5.17. The molecule has 1 atom stereocenters. The lowest BCUT2D eigenvalue weighted by Gasteiger charge is -2.42. The molecule has 1 unspecified atom stereocenters. The van der Waals surface area contributed by atoms with Crippen molar-refractivity contribution in [2.75, 3.05) is 32.7 Å². The molecule has 0 aromatic rings. The molecule has 0 amide bonds. The van der Waals surface area contributed by atoms with E-state index in [9.17, 15) is 5.11 Å². The number of β-amino-alcohol motifs (C(OH)–C–C–N with tert-alkyl or cyclic N) is 1. The highest BCUT2D eigenvalue weighted by molar-refractivity contribution is 4.93. The van der Waals surface area contributed by atoms with Gasteiger partial charge in [-0.05, 0) is 44.1 Å². The number of hydrogen-bond acceptors (Lipinski definition) is 3. The number of hydrogen-bond donors (Lipinski definition) is 2. The van der Waals surface area contributed by atoms with Gasteiger partial charge in [0, 0.05) is 26.2 Å². The first-order valence-corrected chi connectivity index (χ1v) is 8.10. The Morgan fingerprint density at radius 3 is 2.47 bits per heavy atom. The second kappa shape index (κ2) is 6.11. The third-order valence-corrected chi connectivity index (χ3v) is 5.17. The largest absolute Gasteiger partial charge is 0.389 e. The zero-order valence-corrected chi connectivity index (χ0v) is 13.0. The first-order valence-electron chi connectivity index (χ1n) is 8.10. The van der Waals surface area contributed by atoms with Gasteiger partial charge in [0.15, 0.2) is 0 Å². The highest BCUT2D eigenvalue weighted by atomic mass is 16.3. The molecule has 0 bridgehead atoms. The molecule has 1 saturated carbocycles. The van der Waals surface area contributed by atoms with Crippen LogP contribution in [0.2, 0.25) is 0 Å². The van der Waals surface area contributed by atoms with Crippen molar-refractivity contribution >= 4 is 0 Å². The molecule has 3 nitrogen and oxygen atoms in total. The molecule has 0 aromatic carbocycles. The monoisotopic (exact) mass is 268 g/mol. The van der Waals surface area contributed by atoms with E-state index in [0.29, 0.717) is 5.41 Å². The molecule has 1 saturated heterocycles. The Morgan fingerprint density at radius 2 is 1.95 bits per heavy atom. The average Bonchev–Trinajstić information content (AvgIpc) is 2.70. The fourth-order valence-corrected chi connectivity index (χ4v) is 3.80. The Morgan fingerprint density at radius 1 is 1.26 bits per heavy atom. The van der Waals surface area contributed by atoms with Crippen molar-refractivity contribution in [2.45, 2.75) is 58.5 Å². The Balaban J connectivity index is 1.94. The van der Waals surface area contributed by atoms with Crippen molar-refractivity contribution in [2.24, 2.45) is 11.3 Å². The molecule has 2 fully saturated rings. The number of rotatable bonds is 5. The highest BCUT2D eigenvalue weighted by Crippen LogP contribution is 2.40. The Labute approximate surface area is 118 Å². The van der Waals surface area contributed by atoms with Gasteiger partial charge in [-0.15, -0.1) is 0 Å². The first-order chi connectivity index (χ1) is 8.95. The maximum Gasteiger partial charge on any atom is 0.0758 e. The van der Waals surface area contributed by atoms with Crippen molar-refractivity contribution < 1.29 is 5.11 Å². The second-order valence-corrected chi connectivity index (χ2v) is 7.42. The molecule has 0 aromatic heterocycles. The molecule has 112 valence electrons. The quantitative estimate of drug-likeness (QED) is 0.803. The highest BCUT2D eigenvalue weighted by Gasteiger charge is 2.39. The van der Waals surface area contributed by atoms with Gasteiger partial charge < -0.3 is 10.4 Å². The van der Waals surface area contributed by atoms with Gasteiger partial charge in [0.25, 0.3) is 0 Å². The standard InChI is InChI=1S/C16H32N2O/c1-4-17-11-16(7-5-14(2)6-8-16)13-18-10-9-15(3,19)12-18/h14,17,19H,4-13H2,1-3H3. The summed E-state index contributed by atoms with van der Waals surface area (Å²) >= 11 is 0. The molecule has 3 heteroatoms. The van der Waals surface area contributed by atoms with Crippen molar-refractivity contribution in [3.8, 4) is 0 Å². The summed E-state index contributed by atoms with van der Waals surface area (Å²) in [5, 5.41) is 13.7. The van der Waals surface area contributed by atoms with Crippen LogP contribution in [0.1, 0.15) is 52.9 Å². The number of nitrogens with zero attached hydrogens (tertiary/aromatic N) is 1. The van der Waals surface area contributed by atoms with Crippen LogP contribution in [0, 0.1) is 11.3 Å². The van der Waals surface area contributed by atoms with E-state index in [1.54, 1.807) is 0 Å². The van der Waals surface area contributed by atoms with Crippen molar-refractivity contribution in [1.82, 2.24) is 10.2 Å². The van der Waals surface area contributed by atoms with Crippen LogP contribution < -0.4 is 5.32 Å². The molecule has 2 aliphatic rings. The van der Waals surface area contributed by atoms with E-state index >= 15 is 0 Å². The zero-order chi connectivity index (χ0) is 13.9. The minimum atomic E-state index is -0.457. The van der Waals surface area contributed by atoms with Gasteiger partial charge in [-0.25, -0.2) is 0 Å². The molecule has 0 radical (unpaired) electrons. The molecular formula is C16H32N2O. The molecular weight excluding hydrogens is 236 g/mol. The van der Waals surface area contributed by atoms with Crippen molar-refractivity contribution in [3.05, 3.63) is 0 Å². The van der Waals surface area contributed by atoms with Crippen LogP contribution >= 0.6 is 0 Å². The fourth-order valence-electron chi connectivity index (χ4n) is 3.80. The third kappa shape index (κ3) is 4.17. The van der Waals surface area contributed by atoms with Crippen molar-refractivity contribution in [3.63, 3.8) is 0 Å². The summed E-state index contributed by atoms with van der Waals surface area (Å²) < 4.78 is 0. The Hall–Kier alpha value is -0.120. The minimum absolute atomic E-state index is 0.447. The van der Waals surface area contributed by atoms with Crippen LogP contribution in [0.5, 0.6) is 0 Å². The van der Waals surface area contributed by atoms with E-state index < -0.39 is 5.60 Å². The fraction of sp³-hybridized carbons (Fsp3) is 1.00. The summed E-state index contributed by atoms with van der Waals surface area (Å²) in [7, 11) is 0. The van der Waals surface area contributed by atoms with Crippen molar-refractivity contribution in [1.29, 1.82) is 0 Å². The molecule has 1 heterocycles. The average molecular weight is 268 g/mol. The first kappa shape index (κ1) is 15.3. The van der Waals surface area contributed by atoms with Crippen LogP contribution in [-0.2, 0) is 0 Å². The molecule has 1 aliphatic heterocycles. The topological polar surface area (TPSA) is 35.5 Å². The molecule has 19 heavy (non-hydrogen) atoms. The van der Waals surface area contributed by atoms with Gasteiger partial charge in [0.2, 0.25) is 0 Å². The summed E-state index contributed by atoms with van der Waals surface area (Å²) in [6.07, 6.45) is 6.37. The van der Waals surface area contributed by atoms with Gasteiger partial charge in [-0.2, -0.15) is 0 Å². The van der Waals surface area contributed by atoms with Crippen LogP contribution in [0.15, 0.2) is 0 Å². The lowest BCUT2D eigenvalue weighted by Crippen LogP contribution is -2.46. The number of nitrogens with one attached hydrogen (secondary N) is 1. The minimum Gasteiger partial charge on any atom is -0.389 e. The Bertz CT molecular complexity index is 277. The van der Waals surface area contributed by atoms with E-state index in [4.69, 9.17) is 0 Å². The zero-order valence-electron chi connectivity index (χ0n) is 13.0. The molecule has 2 rings (SSSR count). The second-order valence-electron chi connectivity index (χ2n) is 7.42. The van der Waals surface area contributed by atoms with E-state index in [2.05, 4.69) is 24.1 Å². The van der Waals surface area contributed by atoms with Crippen LogP contribution in [0.25, 0.3) is 0 Å². The van der Waals surface area contributed by atoms with Crippen LogP contribution in [0.4, 0.5) is 0 Å². The predicted molar refractivity (Wildman–Crippen MR) is 80.3 cm³/mol. The summed E-state index contributed by atoms with van der Waals surface area (Å²) in [5.41, 5.74) is -0.00965. The normalized spacial score (nSPS) is 40.7. The van der Waals surface area contributed by atoms with E-state index in [1.165, 1.54) is 32.2 Å². The maximum atomic E-state index is 10.1. The summed E-state index contributed by atoms with van der Waals surface area (Å²) in [4.78, 5) is 2.49. The lowest BCUT2D eigenvalue weighted by atomic mass is 9.70. The number of likely N-dealkylation sites (tertiary alicyclic amines) is 1.